The van der Waals surface area contributed by atoms with E-state index in [1.165, 1.54) is 0 Å². The van der Waals surface area contributed by atoms with Gasteiger partial charge in [-0.3, -0.25) is 4.79 Å². The van der Waals surface area contributed by atoms with Crippen molar-refractivity contribution in [2.75, 3.05) is 0 Å². The van der Waals surface area contributed by atoms with E-state index in [9.17, 15) is 4.79 Å². The molecule has 76 valence electrons. The normalized spacial score (nSPS) is 42.5. The molecule has 3 aliphatic carbocycles. The maximum atomic E-state index is 10.9. The lowest BCUT2D eigenvalue weighted by molar-refractivity contribution is -0.148. The molecular formula is C9H16ClNO2. The average Bonchev–Trinajstić information content (AvgIpc) is 2.05. The standard InChI is InChI=1S/C9H15NO2.ClH/c10-8-6-3-1-5(2-4-6)7(8)9(11)12;/h5-8H,1-4,10H2,(H,11,12);1H. The molecule has 0 aliphatic heterocycles. The molecule has 0 heterocycles. The fourth-order valence-corrected chi connectivity index (χ4v) is 2.86. The Hall–Kier alpha value is -0.280. The summed E-state index contributed by atoms with van der Waals surface area (Å²) in [5.74, 6) is -0.0898. The fourth-order valence-electron chi connectivity index (χ4n) is 2.86. The van der Waals surface area contributed by atoms with E-state index < -0.39 is 5.97 Å². The summed E-state index contributed by atoms with van der Waals surface area (Å²) < 4.78 is 0. The van der Waals surface area contributed by atoms with Crippen molar-refractivity contribution in [1.29, 1.82) is 0 Å². The minimum Gasteiger partial charge on any atom is -0.481 e. The Bertz CT molecular complexity index is 200. The molecule has 0 aromatic heterocycles. The van der Waals surface area contributed by atoms with Crippen LogP contribution in [-0.2, 0) is 4.79 Å². The van der Waals surface area contributed by atoms with Crippen molar-refractivity contribution in [3.8, 4) is 0 Å². The molecule has 0 spiro atoms. The van der Waals surface area contributed by atoms with Crippen LogP contribution in [0.4, 0.5) is 0 Å². The van der Waals surface area contributed by atoms with Gasteiger partial charge in [-0.25, -0.2) is 0 Å². The summed E-state index contributed by atoms with van der Waals surface area (Å²) in [5, 5.41) is 8.95. The molecule has 3 rings (SSSR count). The predicted molar refractivity (Wildman–Crippen MR) is 51.8 cm³/mol. The summed E-state index contributed by atoms with van der Waals surface area (Å²) in [5.41, 5.74) is 5.88. The summed E-state index contributed by atoms with van der Waals surface area (Å²) in [6.07, 6.45) is 4.45. The molecule has 4 heteroatoms. The minimum absolute atomic E-state index is 0. The van der Waals surface area contributed by atoms with Crippen molar-refractivity contribution >= 4 is 18.4 Å². The Morgan fingerprint density at radius 2 is 1.62 bits per heavy atom. The maximum Gasteiger partial charge on any atom is 0.308 e. The second kappa shape index (κ2) is 3.84. The molecule has 2 atom stereocenters. The van der Waals surface area contributed by atoms with Gasteiger partial charge in [0.15, 0.2) is 0 Å². The third-order valence-corrected chi connectivity index (χ3v) is 3.57. The summed E-state index contributed by atoms with van der Waals surface area (Å²) in [4.78, 5) is 10.9. The van der Waals surface area contributed by atoms with Gasteiger partial charge in [0.25, 0.3) is 0 Å². The molecular weight excluding hydrogens is 190 g/mol. The van der Waals surface area contributed by atoms with Crippen molar-refractivity contribution in [1.82, 2.24) is 0 Å². The third-order valence-electron chi connectivity index (χ3n) is 3.57. The van der Waals surface area contributed by atoms with Crippen LogP contribution in [0.5, 0.6) is 0 Å². The molecule has 3 saturated carbocycles. The van der Waals surface area contributed by atoms with Gasteiger partial charge in [-0.1, -0.05) is 0 Å². The lowest BCUT2D eigenvalue weighted by Crippen LogP contribution is -2.52. The quantitative estimate of drug-likeness (QED) is 0.678. The van der Waals surface area contributed by atoms with Crippen molar-refractivity contribution in [3.63, 3.8) is 0 Å². The van der Waals surface area contributed by atoms with E-state index in [0.29, 0.717) is 11.8 Å². The zero-order valence-corrected chi connectivity index (χ0v) is 8.30. The monoisotopic (exact) mass is 205 g/mol. The highest BCUT2D eigenvalue weighted by molar-refractivity contribution is 5.85. The topological polar surface area (TPSA) is 63.3 Å². The first-order valence-electron chi connectivity index (χ1n) is 4.68. The zero-order valence-electron chi connectivity index (χ0n) is 7.48. The molecule has 0 aromatic rings. The molecule has 3 fully saturated rings. The van der Waals surface area contributed by atoms with Gasteiger partial charge in [0.2, 0.25) is 0 Å². The van der Waals surface area contributed by atoms with Crippen LogP contribution < -0.4 is 5.73 Å². The molecule has 3 N–H and O–H groups in total. The van der Waals surface area contributed by atoms with E-state index in [2.05, 4.69) is 0 Å². The lowest BCUT2D eigenvalue weighted by atomic mass is 9.62. The van der Waals surface area contributed by atoms with E-state index in [1.54, 1.807) is 0 Å². The van der Waals surface area contributed by atoms with E-state index in [-0.39, 0.29) is 24.4 Å². The van der Waals surface area contributed by atoms with Crippen LogP contribution in [0.25, 0.3) is 0 Å². The molecule has 13 heavy (non-hydrogen) atoms. The number of hydrogen-bond donors (Lipinski definition) is 2. The van der Waals surface area contributed by atoms with E-state index in [4.69, 9.17) is 10.8 Å². The second-order valence-electron chi connectivity index (χ2n) is 4.12. The van der Waals surface area contributed by atoms with Crippen LogP contribution in [0.15, 0.2) is 0 Å². The van der Waals surface area contributed by atoms with Crippen molar-refractivity contribution < 1.29 is 9.90 Å². The molecule has 2 unspecified atom stereocenters. The van der Waals surface area contributed by atoms with Gasteiger partial charge < -0.3 is 10.8 Å². The van der Waals surface area contributed by atoms with Gasteiger partial charge in [-0.05, 0) is 37.5 Å². The number of hydrogen-bond acceptors (Lipinski definition) is 2. The molecule has 0 amide bonds. The SMILES string of the molecule is Cl.NC1C2CCC(CC2)C1C(=O)O. The van der Waals surface area contributed by atoms with E-state index in [0.717, 1.165) is 25.7 Å². The first-order chi connectivity index (χ1) is 5.70. The van der Waals surface area contributed by atoms with Crippen LogP contribution in [0.3, 0.4) is 0 Å². The van der Waals surface area contributed by atoms with Gasteiger partial charge in [0.1, 0.15) is 0 Å². The van der Waals surface area contributed by atoms with Gasteiger partial charge in [0.05, 0.1) is 5.92 Å². The number of carboxylic acids is 1. The number of nitrogens with two attached hydrogens (primary N) is 1. The first kappa shape index (κ1) is 10.8. The van der Waals surface area contributed by atoms with E-state index >= 15 is 0 Å². The van der Waals surface area contributed by atoms with Crippen molar-refractivity contribution in [2.45, 2.75) is 31.7 Å². The first-order valence-corrected chi connectivity index (χ1v) is 4.68. The molecule has 3 aliphatic rings. The van der Waals surface area contributed by atoms with Crippen LogP contribution >= 0.6 is 12.4 Å². The van der Waals surface area contributed by atoms with Gasteiger partial charge >= 0.3 is 5.97 Å². The average molecular weight is 206 g/mol. The van der Waals surface area contributed by atoms with Gasteiger partial charge in [-0.2, -0.15) is 0 Å². The predicted octanol–water partition coefficient (Wildman–Crippen LogP) is 1.26. The largest absolute Gasteiger partial charge is 0.481 e. The molecule has 0 radical (unpaired) electrons. The molecule has 2 bridgehead atoms. The summed E-state index contributed by atoms with van der Waals surface area (Å²) in [6, 6.07) is -0.0741. The molecule has 0 aromatic carbocycles. The summed E-state index contributed by atoms with van der Waals surface area (Å²) in [6.45, 7) is 0. The van der Waals surface area contributed by atoms with Crippen LogP contribution in [0, 0.1) is 17.8 Å². The van der Waals surface area contributed by atoms with Gasteiger partial charge in [-0.15, -0.1) is 12.4 Å². The maximum absolute atomic E-state index is 10.9. The summed E-state index contributed by atoms with van der Waals surface area (Å²) >= 11 is 0. The van der Waals surface area contributed by atoms with Crippen molar-refractivity contribution in [2.24, 2.45) is 23.5 Å². The lowest BCUT2D eigenvalue weighted by Gasteiger charge is -2.45. The van der Waals surface area contributed by atoms with E-state index in [1.807, 2.05) is 0 Å². The number of carbonyl (C=O) groups is 1. The van der Waals surface area contributed by atoms with Gasteiger partial charge in [0, 0.05) is 6.04 Å². The highest BCUT2D eigenvalue weighted by atomic mass is 35.5. The molecule has 3 nitrogen and oxygen atoms in total. The molecule has 0 saturated heterocycles. The fraction of sp³-hybridized carbons (Fsp3) is 0.889. The number of rotatable bonds is 1. The van der Waals surface area contributed by atoms with Crippen LogP contribution in [0.1, 0.15) is 25.7 Å². The summed E-state index contributed by atoms with van der Waals surface area (Å²) in [7, 11) is 0. The highest BCUT2D eigenvalue weighted by Gasteiger charge is 2.45. The Labute approximate surface area is 84.1 Å². The Balaban J connectivity index is 0.000000845. The number of halogens is 1. The van der Waals surface area contributed by atoms with Crippen molar-refractivity contribution in [3.05, 3.63) is 0 Å². The third kappa shape index (κ3) is 1.67. The Morgan fingerprint density at radius 3 is 1.92 bits per heavy atom. The zero-order chi connectivity index (χ0) is 8.72. The number of carboxylic acid groups (broad SMARTS) is 1. The Morgan fingerprint density at radius 1 is 1.15 bits per heavy atom. The Kier molecular flexibility index (Phi) is 3.19. The minimum atomic E-state index is -0.683. The number of aliphatic carboxylic acids is 1. The second-order valence-corrected chi connectivity index (χ2v) is 4.12. The van der Waals surface area contributed by atoms with Crippen LogP contribution in [-0.4, -0.2) is 17.1 Å². The smallest absolute Gasteiger partial charge is 0.308 e. The van der Waals surface area contributed by atoms with Crippen LogP contribution in [0.2, 0.25) is 0 Å². The number of fused-ring (bicyclic) bond motifs is 3. The highest BCUT2D eigenvalue weighted by Crippen LogP contribution is 2.44.